The van der Waals surface area contributed by atoms with Crippen LogP contribution in [0.2, 0.25) is 0 Å². The SMILES string of the molecule is NCc1ccc2c(c1)nc(-c1ccoc1Br)n2C1CC1. The van der Waals surface area contributed by atoms with Gasteiger partial charge in [-0.15, -0.1) is 0 Å². The van der Waals surface area contributed by atoms with Crippen LogP contribution in [0.25, 0.3) is 22.4 Å². The maximum absolute atomic E-state index is 5.72. The molecule has 0 bridgehead atoms. The van der Waals surface area contributed by atoms with E-state index in [4.69, 9.17) is 15.1 Å². The fourth-order valence-electron chi connectivity index (χ4n) is 2.62. The van der Waals surface area contributed by atoms with E-state index in [0.29, 0.717) is 12.6 Å². The Bertz CT molecular complexity index is 786. The number of hydrogen-bond donors (Lipinski definition) is 1. The Hall–Kier alpha value is -1.59. The third kappa shape index (κ3) is 1.81. The molecule has 4 rings (SSSR count). The molecule has 1 fully saturated rings. The number of imidazole rings is 1. The molecular weight excluding hydrogens is 318 g/mol. The average molecular weight is 332 g/mol. The zero-order chi connectivity index (χ0) is 13.7. The van der Waals surface area contributed by atoms with Gasteiger partial charge in [-0.1, -0.05) is 6.07 Å². The van der Waals surface area contributed by atoms with Crippen molar-refractivity contribution in [3.8, 4) is 11.4 Å². The van der Waals surface area contributed by atoms with Gasteiger partial charge in [0.2, 0.25) is 0 Å². The highest BCUT2D eigenvalue weighted by Gasteiger charge is 2.29. The van der Waals surface area contributed by atoms with E-state index >= 15 is 0 Å². The molecule has 0 radical (unpaired) electrons. The lowest BCUT2D eigenvalue weighted by molar-refractivity contribution is 0.541. The lowest BCUT2D eigenvalue weighted by Gasteiger charge is -2.06. The molecule has 4 nitrogen and oxygen atoms in total. The topological polar surface area (TPSA) is 57.0 Å². The molecule has 3 aromatic rings. The summed E-state index contributed by atoms with van der Waals surface area (Å²) in [5.74, 6) is 0.970. The van der Waals surface area contributed by atoms with Gasteiger partial charge in [-0.2, -0.15) is 0 Å². The summed E-state index contributed by atoms with van der Waals surface area (Å²) in [4.78, 5) is 4.80. The van der Waals surface area contributed by atoms with E-state index in [1.165, 1.54) is 18.4 Å². The second-order valence-electron chi connectivity index (χ2n) is 5.17. The Kier molecular flexibility index (Phi) is 2.72. The van der Waals surface area contributed by atoms with Crippen molar-refractivity contribution in [1.29, 1.82) is 0 Å². The third-order valence-corrected chi connectivity index (χ3v) is 4.37. The van der Waals surface area contributed by atoms with Gasteiger partial charge in [0.15, 0.2) is 4.67 Å². The van der Waals surface area contributed by atoms with Crippen LogP contribution >= 0.6 is 15.9 Å². The standard InChI is InChI=1S/C15H14BrN3O/c16-14-11(5-6-20-14)15-18-12-7-9(8-17)1-4-13(12)19(15)10-2-3-10/h1,4-7,10H,2-3,8,17H2. The van der Waals surface area contributed by atoms with Crippen LogP contribution in [0, 0.1) is 0 Å². The van der Waals surface area contributed by atoms with Gasteiger partial charge in [0.05, 0.1) is 22.9 Å². The van der Waals surface area contributed by atoms with Gasteiger partial charge in [-0.25, -0.2) is 4.98 Å². The van der Waals surface area contributed by atoms with Crippen LogP contribution in [-0.2, 0) is 6.54 Å². The van der Waals surface area contributed by atoms with Gasteiger partial charge < -0.3 is 14.7 Å². The summed E-state index contributed by atoms with van der Waals surface area (Å²) in [7, 11) is 0. The van der Waals surface area contributed by atoms with Crippen molar-refractivity contribution in [3.63, 3.8) is 0 Å². The highest BCUT2D eigenvalue weighted by Crippen LogP contribution is 2.42. The molecular formula is C15H14BrN3O. The summed E-state index contributed by atoms with van der Waals surface area (Å²) in [6, 6.07) is 8.79. The van der Waals surface area contributed by atoms with Gasteiger partial charge >= 0.3 is 0 Å². The van der Waals surface area contributed by atoms with Crippen LogP contribution in [0.1, 0.15) is 24.4 Å². The summed E-state index contributed by atoms with van der Waals surface area (Å²) < 4.78 is 8.41. The lowest BCUT2D eigenvalue weighted by atomic mass is 10.2. The smallest absolute Gasteiger partial charge is 0.179 e. The normalized spacial score (nSPS) is 15.1. The second-order valence-corrected chi connectivity index (χ2v) is 5.89. The number of nitrogens with zero attached hydrogens (tertiary/aromatic N) is 2. The molecule has 5 heteroatoms. The van der Waals surface area contributed by atoms with Crippen LogP contribution in [0.15, 0.2) is 39.6 Å². The Balaban J connectivity index is 1.99. The predicted octanol–water partition coefficient (Wildman–Crippen LogP) is 3.85. The Morgan fingerprint density at radius 3 is 2.85 bits per heavy atom. The summed E-state index contributed by atoms with van der Waals surface area (Å²) in [6.07, 6.45) is 4.11. The molecule has 102 valence electrons. The number of aromatic nitrogens is 2. The molecule has 2 aromatic heterocycles. The van der Waals surface area contributed by atoms with E-state index in [2.05, 4.69) is 38.7 Å². The minimum atomic E-state index is 0.539. The van der Waals surface area contributed by atoms with Crippen molar-refractivity contribution in [3.05, 3.63) is 40.8 Å². The highest BCUT2D eigenvalue weighted by atomic mass is 79.9. The molecule has 2 N–H and O–H groups in total. The van der Waals surface area contributed by atoms with E-state index in [1.54, 1.807) is 6.26 Å². The number of fused-ring (bicyclic) bond motifs is 1. The van der Waals surface area contributed by atoms with E-state index in [9.17, 15) is 0 Å². The van der Waals surface area contributed by atoms with Crippen molar-refractivity contribution in [2.24, 2.45) is 5.73 Å². The first kappa shape index (κ1) is 12.2. The minimum Gasteiger partial charge on any atom is -0.457 e. The van der Waals surface area contributed by atoms with Crippen molar-refractivity contribution in [2.45, 2.75) is 25.4 Å². The van der Waals surface area contributed by atoms with Gasteiger partial charge in [-0.05, 0) is 52.5 Å². The fraction of sp³-hybridized carbons (Fsp3) is 0.267. The number of rotatable bonds is 3. The van der Waals surface area contributed by atoms with E-state index in [1.807, 2.05) is 6.07 Å². The van der Waals surface area contributed by atoms with Crippen LogP contribution in [-0.4, -0.2) is 9.55 Å². The number of benzene rings is 1. The molecule has 0 aliphatic heterocycles. The lowest BCUT2D eigenvalue weighted by Crippen LogP contribution is -1.98. The number of hydrogen-bond acceptors (Lipinski definition) is 3. The zero-order valence-electron chi connectivity index (χ0n) is 10.8. The maximum Gasteiger partial charge on any atom is 0.179 e. The molecule has 0 unspecified atom stereocenters. The first-order valence-corrected chi connectivity index (χ1v) is 7.51. The summed E-state index contributed by atoms with van der Waals surface area (Å²) in [6.45, 7) is 0.539. The molecule has 2 heterocycles. The molecule has 1 aliphatic rings. The molecule has 0 amide bonds. The van der Waals surface area contributed by atoms with E-state index in [0.717, 1.165) is 27.1 Å². The van der Waals surface area contributed by atoms with E-state index in [-0.39, 0.29) is 0 Å². The van der Waals surface area contributed by atoms with Gasteiger partial charge in [0.25, 0.3) is 0 Å². The molecule has 0 saturated heterocycles. The molecule has 1 saturated carbocycles. The van der Waals surface area contributed by atoms with Crippen molar-refractivity contribution in [2.75, 3.05) is 0 Å². The van der Waals surface area contributed by atoms with E-state index < -0.39 is 0 Å². The third-order valence-electron chi connectivity index (χ3n) is 3.76. The van der Waals surface area contributed by atoms with Crippen LogP contribution in [0.5, 0.6) is 0 Å². The molecule has 0 atom stereocenters. The zero-order valence-corrected chi connectivity index (χ0v) is 12.4. The second kappa shape index (κ2) is 4.46. The Morgan fingerprint density at radius 1 is 1.35 bits per heavy atom. The summed E-state index contributed by atoms with van der Waals surface area (Å²) >= 11 is 3.45. The first-order chi connectivity index (χ1) is 9.78. The fourth-order valence-corrected chi connectivity index (χ4v) is 3.03. The predicted molar refractivity (Wildman–Crippen MR) is 81.3 cm³/mol. The molecule has 20 heavy (non-hydrogen) atoms. The molecule has 1 aliphatic carbocycles. The van der Waals surface area contributed by atoms with Gasteiger partial charge in [0.1, 0.15) is 5.82 Å². The molecule has 1 aromatic carbocycles. The number of nitrogens with two attached hydrogens (primary N) is 1. The first-order valence-electron chi connectivity index (χ1n) is 6.72. The van der Waals surface area contributed by atoms with Crippen molar-refractivity contribution in [1.82, 2.24) is 9.55 Å². The quantitative estimate of drug-likeness (QED) is 0.792. The summed E-state index contributed by atoms with van der Waals surface area (Å²) in [5.41, 5.74) is 10.0. The van der Waals surface area contributed by atoms with Crippen LogP contribution in [0.4, 0.5) is 0 Å². The number of furan rings is 1. The van der Waals surface area contributed by atoms with Gasteiger partial charge in [-0.3, -0.25) is 0 Å². The Labute approximate surface area is 124 Å². The van der Waals surface area contributed by atoms with Crippen molar-refractivity contribution < 1.29 is 4.42 Å². The summed E-state index contributed by atoms with van der Waals surface area (Å²) in [5, 5.41) is 0. The number of halogens is 1. The molecule has 0 spiro atoms. The van der Waals surface area contributed by atoms with Crippen LogP contribution < -0.4 is 5.73 Å². The largest absolute Gasteiger partial charge is 0.457 e. The van der Waals surface area contributed by atoms with Crippen LogP contribution in [0.3, 0.4) is 0 Å². The highest BCUT2D eigenvalue weighted by molar-refractivity contribution is 9.10. The monoisotopic (exact) mass is 331 g/mol. The van der Waals surface area contributed by atoms with Crippen molar-refractivity contribution >= 4 is 27.0 Å². The minimum absolute atomic E-state index is 0.539. The Morgan fingerprint density at radius 2 is 2.20 bits per heavy atom. The maximum atomic E-state index is 5.72. The average Bonchev–Trinajstić information content (AvgIpc) is 3.10. The van der Waals surface area contributed by atoms with Gasteiger partial charge in [0, 0.05) is 12.6 Å².